The minimum Gasteiger partial charge on any atom is -0.443 e. The highest BCUT2D eigenvalue weighted by Gasteiger charge is 2.16. The molecule has 0 aliphatic heterocycles. The molecule has 0 bridgehead atoms. The zero-order chi connectivity index (χ0) is 13.8. The van der Waals surface area contributed by atoms with Gasteiger partial charge in [-0.2, -0.15) is 0 Å². The first-order chi connectivity index (χ1) is 9.11. The molecule has 1 atom stereocenters. The first kappa shape index (κ1) is 14.0. The number of rotatable bonds is 6. The lowest BCUT2D eigenvalue weighted by molar-refractivity contribution is 0.200. The topological polar surface area (TPSA) is 55.3 Å². The van der Waals surface area contributed by atoms with Crippen molar-refractivity contribution in [2.75, 3.05) is 20.1 Å². The molecule has 0 fully saturated rings. The van der Waals surface area contributed by atoms with E-state index in [4.69, 9.17) is 10.2 Å². The van der Waals surface area contributed by atoms with Crippen molar-refractivity contribution in [2.24, 2.45) is 11.7 Å². The van der Waals surface area contributed by atoms with Gasteiger partial charge in [0.25, 0.3) is 0 Å². The maximum Gasteiger partial charge on any atom is 0.181 e. The molecule has 1 unspecified atom stereocenters. The van der Waals surface area contributed by atoms with E-state index in [0.717, 1.165) is 24.1 Å². The molecule has 2 N–H and O–H groups in total. The van der Waals surface area contributed by atoms with Crippen molar-refractivity contribution in [2.45, 2.75) is 26.3 Å². The average Bonchev–Trinajstić information content (AvgIpc) is 2.84. The summed E-state index contributed by atoms with van der Waals surface area (Å²) in [5.74, 6) is 0.576. The van der Waals surface area contributed by atoms with Crippen LogP contribution in [0.1, 0.15) is 19.4 Å². The summed E-state index contributed by atoms with van der Waals surface area (Å²) in [5.41, 5.74) is 8.89. The monoisotopic (exact) mass is 261 g/mol. The van der Waals surface area contributed by atoms with Crippen LogP contribution in [0.3, 0.4) is 0 Å². The van der Waals surface area contributed by atoms with E-state index >= 15 is 0 Å². The molecule has 1 aromatic heterocycles. The molecule has 0 saturated carbocycles. The van der Waals surface area contributed by atoms with Crippen LogP contribution >= 0.6 is 0 Å². The molecule has 4 nitrogen and oxygen atoms in total. The summed E-state index contributed by atoms with van der Waals surface area (Å²) in [6.07, 6.45) is 2.49. The molecular formula is C15H23N3O. The van der Waals surface area contributed by atoms with E-state index in [2.05, 4.69) is 42.9 Å². The van der Waals surface area contributed by atoms with Gasteiger partial charge in [-0.05, 0) is 37.1 Å². The molecular weight excluding hydrogens is 238 g/mol. The van der Waals surface area contributed by atoms with E-state index in [1.807, 2.05) is 6.07 Å². The molecule has 104 valence electrons. The Bertz CT molecular complexity index is 521. The fourth-order valence-electron chi connectivity index (χ4n) is 2.49. The van der Waals surface area contributed by atoms with Gasteiger partial charge in [0, 0.05) is 19.1 Å². The summed E-state index contributed by atoms with van der Waals surface area (Å²) in [5, 5.41) is 0. The Kier molecular flexibility index (Phi) is 4.56. The minimum absolute atomic E-state index is 0.439. The molecule has 0 saturated heterocycles. The Morgan fingerprint density at radius 3 is 2.84 bits per heavy atom. The molecule has 0 aliphatic rings. The second-order valence-corrected chi connectivity index (χ2v) is 5.43. The van der Waals surface area contributed by atoms with E-state index in [1.165, 1.54) is 12.0 Å². The van der Waals surface area contributed by atoms with Crippen LogP contribution in [0.15, 0.2) is 29.0 Å². The van der Waals surface area contributed by atoms with Crippen molar-refractivity contribution < 1.29 is 4.42 Å². The van der Waals surface area contributed by atoms with Gasteiger partial charge in [-0.3, -0.25) is 0 Å². The standard InChI is InChI=1S/C15H23N3O/c1-11(2)14(9-16)18(3)7-6-12-4-5-13-15(8-12)19-10-17-13/h4-5,8,10-11,14H,6-7,9,16H2,1-3H3. The third kappa shape index (κ3) is 3.33. The Hall–Kier alpha value is -1.39. The van der Waals surface area contributed by atoms with Crippen LogP contribution in [0, 0.1) is 5.92 Å². The first-order valence-electron chi connectivity index (χ1n) is 6.84. The van der Waals surface area contributed by atoms with Crippen LogP contribution in [-0.2, 0) is 6.42 Å². The summed E-state index contributed by atoms with van der Waals surface area (Å²) in [4.78, 5) is 6.47. The number of aromatic nitrogens is 1. The summed E-state index contributed by atoms with van der Waals surface area (Å²) in [6.45, 7) is 6.14. The molecule has 1 aromatic carbocycles. The minimum atomic E-state index is 0.439. The largest absolute Gasteiger partial charge is 0.443 e. The first-order valence-corrected chi connectivity index (χ1v) is 6.84. The maximum absolute atomic E-state index is 5.84. The van der Waals surface area contributed by atoms with E-state index in [9.17, 15) is 0 Å². The Balaban J connectivity index is 1.97. The molecule has 4 heteroatoms. The predicted molar refractivity (Wildman–Crippen MR) is 78.0 cm³/mol. The molecule has 0 aliphatic carbocycles. The third-order valence-corrected chi connectivity index (χ3v) is 3.73. The van der Waals surface area contributed by atoms with Crippen LogP contribution < -0.4 is 5.73 Å². The van der Waals surface area contributed by atoms with Crippen molar-refractivity contribution >= 4 is 11.1 Å². The lowest BCUT2D eigenvalue weighted by Gasteiger charge is -2.30. The van der Waals surface area contributed by atoms with Crippen molar-refractivity contribution in [3.05, 3.63) is 30.2 Å². The lowest BCUT2D eigenvalue weighted by atomic mass is 10.0. The van der Waals surface area contributed by atoms with Crippen molar-refractivity contribution in [3.8, 4) is 0 Å². The number of nitrogens with zero attached hydrogens (tertiary/aromatic N) is 2. The molecule has 0 radical (unpaired) electrons. The van der Waals surface area contributed by atoms with Gasteiger partial charge in [0.2, 0.25) is 0 Å². The Morgan fingerprint density at radius 1 is 1.37 bits per heavy atom. The number of nitrogens with two attached hydrogens (primary N) is 1. The normalized spacial score (nSPS) is 13.6. The highest BCUT2D eigenvalue weighted by molar-refractivity contribution is 5.72. The number of benzene rings is 1. The van der Waals surface area contributed by atoms with E-state index in [1.54, 1.807) is 0 Å². The fraction of sp³-hybridized carbons (Fsp3) is 0.533. The van der Waals surface area contributed by atoms with Gasteiger partial charge in [0.1, 0.15) is 5.52 Å². The van der Waals surface area contributed by atoms with Gasteiger partial charge in [-0.1, -0.05) is 19.9 Å². The zero-order valence-corrected chi connectivity index (χ0v) is 12.0. The van der Waals surface area contributed by atoms with Crippen molar-refractivity contribution in [3.63, 3.8) is 0 Å². The van der Waals surface area contributed by atoms with Gasteiger partial charge in [-0.15, -0.1) is 0 Å². The van der Waals surface area contributed by atoms with Crippen LogP contribution in [0.5, 0.6) is 0 Å². The van der Waals surface area contributed by atoms with E-state index in [0.29, 0.717) is 18.5 Å². The fourth-order valence-corrected chi connectivity index (χ4v) is 2.49. The Labute approximate surface area is 114 Å². The molecule has 1 heterocycles. The molecule has 0 amide bonds. The smallest absolute Gasteiger partial charge is 0.181 e. The number of hydrogen-bond donors (Lipinski definition) is 1. The number of fused-ring (bicyclic) bond motifs is 1. The van der Waals surface area contributed by atoms with Crippen molar-refractivity contribution in [1.82, 2.24) is 9.88 Å². The number of likely N-dealkylation sites (N-methyl/N-ethyl adjacent to an activating group) is 1. The summed E-state index contributed by atoms with van der Waals surface area (Å²) >= 11 is 0. The third-order valence-electron chi connectivity index (χ3n) is 3.73. The van der Waals surface area contributed by atoms with E-state index in [-0.39, 0.29) is 0 Å². The summed E-state index contributed by atoms with van der Waals surface area (Å²) < 4.78 is 5.33. The SMILES string of the molecule is CC(C)C(CN)N(C)CCc1ccc2ncoc2c1. The second kappa shape index (κ2) is 6.17. The second-order valence-electron chi connectivity index (χ2n) is 5.43. The van der Waals surface area contributed by atoms with E-state index < -0.39 is 0 Å². The van der Waals surface area contributed by atoms with Crippen molar-refractivity contribution in [1.29, 1.82) is 0 Å². The van der Waals surface area contributed by atoms with Gasteiger partial charge in [0.15, 0.2) is 12.0 Å². The van der Waals surface area contributed by atoms with Crippen LogP contribution in [0.25, 0.3) is 11.1 Å². The highest BCUT2D eigenvalue weighted by Crippen LogP contribution is 2.15. The lowest BCUT2D eigenvalue weighted by Crippen LogP contribution is -2.42. The highest BCUT2D eigenvalue weighted by atomic mass is 16.3. The molecule has 2 aromatic rings. The van der Waals surface area contributed by atoms with Gasteiger partial charge >= 0.3 is 0 Å². The molecule has 19 heavy (non-hydrogen) atoms. The zero-order valence-electron chi connectivity index (χ0n) is 12.0. The molecule has 0 spiro atoms. The molecule has 2 rings (SSSR count). The van der Waals surface area contributed by atoms with Gasteiger partial charge in [-0.25, -0.2) is 4.98 Å². The summed E-state index contributed by atoms with van der Waals surface area (Å²) in [7, 11) is 2.14. The van der Waals surface area contributed by atoms with Gasteiger partial charge < -0.3 is 15.1 Å². The predicted octanol–water partition coefficient (Wildman–Crippen LogP) is 2.29. The van der Waals surface area contributed by atoms with Crippen LogP contribution in [0.4, 0.5) is 0 Å². The maximum atomic E-state index is 5.84. The quantitative estimate of drug-likeness (QED) is 0.866. The Morgan fingerprint density at radius 2 is 2.16 bits per heavy atom. The van der Waals surface area contributed by atoms with Gasteiger partial charge in [0.05, 0.1) is 0 Å². The van der Waals surface area contributed by atoms with Crippen LogP contribution in [-0.4, -0.2) is 36.1 Å². The number of hydrogen-bond acceptors (Lipinski definition) is 4. The summed E-state index contributed by atoms with van der Waals surface area (Å²) in [6, 6.07) is 6.64. The average molecular weight is 261 g/mol. The van der Waals surface area contributed by atoms with Crippen LogP contribution in [0.2, 0.25) is 0 Å². The number of oxazole rings is 1.